The molecular weight excluding hydrogens is 338 g/mol. The summed E-state index contributed by atoms with van der Waals surface area (Å²) >= 11 is 9.87. The lowest BCUT2D eigenvalue weighted by Crippen LogP contribution is -2.42. The molecule has 1 N–H and O–H groups in total. The Hall–Kier alpha value is -0.250. The second-order valence-corrected chi connectivity index (χ2v) is 7.42. The lowest BCUT2D eigenvalue weighted by Gasteiger charge is -2.39. The second-order valence-electron chi connectivity index (χ2n) is 6.15. The van der Waals surface area contributed by atoms with Gasteiger partial charge in [0.2, 0.25) is 0 Å². The van der Waals surface area contributed by atoms with Gasteiger partial charge in [0.15, 0.2) is 0 Å². The number of benzene rings is 1. The first-order valence-electron chi connectivity index (χ1n) is 7.44. The summed E-state index contributed by atoms with van der Waals surface area (Å²) in [4.78, 5) is 0. The van der Waals surface area contributed by atoms with E-state index >= 15 is 0 Å². The topological polar surface area (TPSA) is 21.3 Å². The molecular formula is C16H21BrClNO. The number of hydrogen-bond donors (Lipinski definition) is 1. The van der Waals surface area contributed by atoms with Crippen LogP contribution in [0.2, 0.25) is 5.02 Å². The SMILES string of the molecule is Cc1cc(Br)c(NC2CCOC3(CCCC3)C2)cc1Cl. The largest absolute Gasteiger partial charge is 0.381 e. The number of aryl methyl sites for hydroxylation is 1. The van der Waals surface area contributed by atoms with Gasteiger partial charge in [0.25, 0.3) is 0 Å². The molecule has 1 atom stereocenters. The highest BCUT2D eigenvalue weighted by Gasteiger charge is 2.39. The van der Waals surface area contributed by atoms with Crippen molar-refractivity contribution in [3.05, 3.63) is 27.2 Å². The number of anilines is 1. The number of nitrogens with one attached hydrogen (secondary N) is 1. The summed E-state index contributed by atoms with van der Waals surface area (Å²) in [6, 6.07) is 4.59. The van der Waals surface area contributed by atoms with Gasteiger partial charge in [-0.05, 0) is 66.2 Å². The Labute approximate surface area is 134 Å². The molecule has 1 spiro atoms. The molecule has 1 unspecified atom stereocenters. The van der Waals surface area contributed by atoms with E-state index in [9.17, 15) is 0 Å². The van der Waals surface area contributed by atoms with Crippen LogP contribution < -0.4 is 5.32 Å². The van der Waals surface area contributed by atoms with Crippen molar-refractivity contribution in [1.82, 2.24) is 0 Å². The third-order valence-corrected chi connectivity index (χ3v) is 5.68. The predicted octanol–water partition coefficient (Wildman–Crippen LogP) is 5.31. The Balaban J connectivity index is 1.73. The second kappa shape index (κ2) is 5.86. The van der Waals surface area contributed by atoms with Crippen LogP contribution in [0.1, 0.15) is 44.1 Å². The van der Waals surface area contributed by atoms with E-state index in [4.69, 9.17) is 16.3 Å². The summed E-state index contributed by atoms with van der Waals surface area (Å²) in [5.41, 5.74) is 2.35. The molecule has 0 amide bonds. The van der Waals surface area contributed by atoms with Crippen LogP contribution in [0.5, 0.6) is 0 Å². The molecule has 2 fully saturated rings. The summed E-state index contributed by atoms with van der Waals surface area (Å²) in [5.74, 6) is 0. The number of ether oxygens (including phenoxy) is 1. The monoisotopic (exact) mass is 357 g/mol. The molecule has 1 heterocycles. The lowest BCUT2D eigenvalue weighted by molar-refractivity contribution is -0.0767. The van der Waals surface area contributed by atoms with Gasteiger partial charge in [-0.3, -0.25) is 0 Å². The van der Waals surface area contributed by atoms with Gasteiger partial charge in [0.05, 0.1) is 11.3 Å². The third kappa shape index (κ3) is 3.00. The van der Waals surface area contributed by atoms with Crippen LogP contribution in [-0.4, -0.2) is 18.2 Å². The van der Waals surface area contributed by atoms with Crippen LogP contribution in [0.25, 0.3) is 0 Å². The standard InChI is InChI=1S/C16H21BrClNO/c1-11-8-13(17)15(9-14(11)18)19-12-4-7-20-16(10-12)5-2-3-6-16/h8-9,12,19H,2-7,10H2,1H3. The molecule has 1 aromatic rings. The lowest BCUT2D eigenvalue weighted by atomic mass is 9.89. The molecule has 110 valence electrons. The van der Waals surface area contributed by atoms with Crippen molar-refractivity contribution in [2.24, 2.45) is 0 Å². The molecule has 0 bridgehead atoms. The van der Waals surface area contributed by atoms with Gasteiger partial charge in [-0.25, -0.2) is 0 Å². The number of hydrogen-bond acceptors (Lipinski definition) is 2. The Bertz CT molecular complexity index is 499. The van der Waals surface area contributed by atoms with Gasteiger partial charge in [-0.15, -0.1) is 0 Å². The van der Waals surface area contributed by atoms with E-state index in [2.05, 4.69) is 27.3 Å². The molecule has 1 aliphatic carbocycles. The van der Waals surface area contributed by atoms with Crippen molar-refractivity contribution in [3.63, 3.8) is 0 Å². The smallest absolute Gasteiger partial charge is 0.0702 e. The van der Waals surface area contributed by atoms with Gasteiger partial charge in [-0.2, -0.15) is 0 Å². The third-order valence-electron chi connectivity index (χ3n) is 4.62. The minimum atomic E-state index is 0.150. The van der Waals surface area contributed by atoms with Gasteiger partial charge < -0.3 is 10.1 Å². The fourth-order valence-electron chi connectivity index (χ4n) is 3.50. The first-order chi connectivity index (χ1) is 9.58. The summed E-state index contributed by atoms with van der Waals surface area (Å²) < 4.78 is 7.18. The van der Waals surface area contributed by atoms with Gasteiger partial charge in [-0.1, -0.05) is 24.4 Å². The van der Waals surface area contributed by atoms with E-state index in [0.29, 0.717) is 6.04 Å². The molecule has 2 aliphatic rings. The highest BCUT2D eigenvalue weighted by Crippen LogP contribution is 2.41. The Morgan fingerprint density at radius 2 is 2.10 bits per heavy atom. The zero-order chi connectivity index (χ0) is 14.2. The van der Waals surface area contributed by atoms with E-state index in [0.717, 1.165) is 40.2 Å². The Morgan fingerprint density at radius 3 is 2.85 bits per heavy atom. The highest BCUT2D eigenvalue weighted by atomic mass is 79.9. The van der Waals surface area contributed by atoms with Crippen molar-refractivity contribution >= 4 is 33.2 Å². The van der Waals surface area contributed by atoms with E-state index < -0.39 is 0 Å². The Kier molecular flexibility index (Phi) is 4.30. The molecule has 4 heteroatoms. The van der Waals surface area contributed by atoms with Crippen molar-refractivity contribution in [1.29, 1.82) is 0 Å². The van der Waals surface area contributed by atoms with Crippen LogP contribution in [-0.2, 0) is 4.74 Å². The van der Waals surface area contributed by atoms with Crippen LogP contribution >= 0.6 is 27.5 Å². The minimum Gasteiger partial charge on any atom is -0.381 e. The Morgan fingerprint density at radius 1 is 1.35 bits per heavy atom. The van der Waals surface area contributed by atoms with Crippen molar-refractivity contribution in [2.75, 3.05) is 11.9 Å². The average molecular weight is 359 g/mol. The molecule has 0 aromatic heterocycles. The van der Waals surface area contributed by atoms with Gasteiger partial charge in [0.1, 0.15) is 0 Å². The normalized spacial score (nSPS) is 25.1. The number of rotatable bonds is 2. The summed E-state index contributed by atoms with van der Waals surface area (Å²) in [5, 5.41) is 4.47. The van der Waals surface area contributed by atoms with E-state index in [1.54, 1.807) is 0 Å². The zero-order valence-corrected chi connectivity index (χ0v) is 14.2. The van der Waals surface area contributed by atoms with Gasteiger partial charge >= 0.3 is 0 Å². The quantitative estimate of drug-likeness (QED) is 0.773. The van der Waals surface area contributed by atoms with Gasteiger partial charge in [0, 0.05) is 22.1 Å². The first kappa shape index (κ1) is 14.7. The predicted molar refractivity (Wildman–Crippen MR) is 87.7 cm³/mol. The highest BCUT2D eigenvalue weighted by molar-refractivity contribution is 9.10. The fourth-order valence-corrected chi connectivity index (χ4v) is 4.23. The molecule has 2 nitrogen and oxygen atoms in total. The van der Waals surface area contributed by atoms with Crippen molar-refractivity contribution in [3.8, 4) is 0 Å². The minimum absolute atomic E-state index is 0.150. The van der Waals surface area contributed by atoms with Crippen LogP contribution in [0.15, 0.2) is 16.6 Å². The maximum absolute atomic E-state index is 6.24. The van der Waals surface area contributed by atoms with Crippen LogP contribution in [0.3, 0.4) is 0 Å². The molecule has 0 radical (unpaired) electrons. The zero-order valence-electron chi connectivity index (χ0n) is 11.8. The van der Waals surface area contributed by atoms with Crippen LogP contribution in [0.4, 0.5) is 5.69 Å². The van der Waals surface area contributed by atoms with E-state index in [-0.39, 0.29) is 5.60 Å². The summed E-state index contributed by atoms with van der Waals surface area (Å²) in [7, 11) is 0. The fraction of sp³-hybridized carbons (Fsp3) is 0.625. The number of halogens is 2. The molecule has 1 saturated heterocycles. The molecule has 3 rings (SSSR count). The summed E-state index contributed by atoms with van der Waals surface area (Å²) in [6.07, 6.45) is 7.26. The molecule has 1 aromatic carbocycles. The molecule has 20 heavy (non-hydrogen) atoms. The van der Waals surface area contributed by atoms with Crippen LogP contribution in [0, 0.1) is 6.92 Å². The summed E-state index contributed by atoms with van der Waals surface area (Å²) in [6.45, 7) is 2.90. The molecule has 1 saturated carbocycles. The maximum Gasteiger partial charge on any atom is 0.0702 e. The van der Waals surface area contributed by atoms with Crippen molar-refractivity contribution < 1.29 is 4.74 Å². The molecule has 1 aliphatic heterocycles. The maximum atomic E-state index is 6.24. The first-order valence-corrected chi connectivity index (χ1v) is 8.61. The van der Waals surface area contributed by atoms with E-state index in [1.165, 1.54) is 25.7 Å². The van der Waals surface area contributed by atoms with E-state index in [1.807, 2.05) is 13.0 Å². The van der Waals surface area contributed by atoms with Crippen molar-refractivity contribution in [2.45, 2.75) is 57.1 Å². The average Bonchev–Trinajstić information content (AvgIpc) is 2.84.